The number of hydrogen-bond acceptors (Lipinski definition) is 3. The molecule has 1 aliphatic heterocycles. The number of carbonyl (C=O) groups excluding carboxylic acids is 1. The highest BCUT2D eigenvalue weighted by Crippen LogP contribution is 2.25. The van der Waals surface area contributed by atoms with Crippen molar-refractivity contribution in [3.05, 3.63) is 52.1 Å². The SMILES string of the molecule is O=C(NCc1ccc(N2CCCCCC2)nc1)Nc1cc(Cl)ccc1Cl. The van der Waals surface area contributed by atoms with Crippen LogP contribution in [-0.2, 0) is 6.54 Å². The molecule has 26 heavy (non-hydrogen) atoms. The number of nitrogens with zero attached hydrogens (tertiary/aromatic N) is 2. The molecule has 1 aromatic heterocycles. The maximum atomic E-state index is 12.0. The lowest BCUT2D eigenvalue weighted by molar-refractivity contribution is 0.251. The molecule has 0 unspecified atom stereocenters. The molecule has 2 aromatic rings. The standard InChI is InChI=1S/C19H22Cl2N4O/c20-15-6-7-16(21)17(11-15)24-19(26)23-13-14-5-8-18(22-12-14)25-9-3-1-2-4-10-25/h5-8,11-12H,1-4,9-10,13H2,(H2,23,24,26). The lowest BCUT2D eigenvalue weighted by Crippen LogP contribution is -2.28. The summed E-state index contributed by atoms with van der Waals surface area (Å²) < 4.78 is 0. The first-order valence-corrected chi connectivity index (χ1v) is 9.57. The predicted octanol–water partition coefficient (Wildman–Crippen LogP) is 5.09. The van der Waals surface area contributed by atoms with Crippen molar-refractivity contribution in [3.8, 4) is 0 Å². The number of hydrogen-bond donors (Lipinski definition) is 2. The maximum Gasteiger partial charge on any atom is 0.319 e. The molecule has 7 heteroatoms. The molecule has 0 aliphatic carbocycles. The highest BCUT2D eigenvalue weighted by atomic mass is 35.5. The predicted molar refractivity (Wildman–Crippen MR) is 107 cm³/mol. The zero-order chi connectivity index (χ0) is 18.4. The molecular formula is C19H22Cl2N4O. The molecule has 1 fully saturated rings. The Morgan fingerprint density at radius 2 is 1.85 bits per heavy atom. The van der Waals surface area contributed by atoms with E-state index in [9.17, 15) is 4.79 Å². The zero-order valence-corrected chi connectivity index (χ0v) is 16.0. The van der Waals surface area contributed by atoms with Crippen LogP contribution in [0.1, 0.15) is 31.2 Å². The van der Waals surface area contributed by atoms with E-state index >= 15 is 0 Å². The van der Waals surface area contributed by atoms with Gasteiger partial charge in [-0.15, -0.1) is 0 Å². The summed E-state index contributed by atoms with van der Waals surface area (Å²) in [6.07, 6.45) is 6.84. The minimum Gasteiger partial charge on any atom is -0.357 e. The summed E-state index contributed by atoms with van der Waals surface area (Å²) in [6.45, 7) is 2.51. The summed E-state index contributed by atoms with van der Waals surface area (Å²) in [4.78, 5) is 18.9. The van der Waals surface area contributed by atoms with Crippen LogP contribution in [0.25, 0.3) is 0 Å². The number of nitrogens with one attached hydrogen (secondary N) is 2. The molecule has 2 amide bonds. The highest BCUT2D eigenvalue weighted by molar-refractivity contribution is 6.35. The van der Waals surface area contributed by atoms with Crippen LogP contribution in [0, 0.1) is 0 Å². The van der Waals surface area contributed by atoms with Crippen LogP contribution in [0.15, 0.2) is 36.5 Å². The third kappa shape index (κ3) is 5.26. The fraction of sp³-hybridized carbons (Fsp3) is 0.368. The van der Waals surface area contributed by atoms with Crippen molar-refractivity contribution in [2.75, 3.05) is 23.3 Å². The molecule has 1 aromatic carbocycles. The Morgan fingerprint density at radius 3 is 2.54 bits per heavy atom. The van der Waals surface area contributed by atoms with E-state index in [1.807, 2.05) is 18.3 Å². The van der Waals surface area contributed by atoms with E-state index in [1.165, 1.54) is 25.7 Å². The largest absolute Gasteiger partial charge is 0.357 e. The van der Waals surface area contributed by atoms with E-state index in [0.717, 1.165) is 24.5 Å². The molecule has 2 heterocycles. The molecule has 3 rings (SSSR count). The molecule has 138 valence electrons. The number of benzene rings is 1. The van der Waals surface area contributed by atoms with E-state index in [2.05, 4.69) is 20.5 Å². The van der Waals surface area contributed by atoms with Crippen molar-refractivity contribution in [2.45, 2.75) is 32.2 Å². The van der Waals surface area contributed by atoms with Gasteiger partial charge in [-0.2, -0.15) is 0 Å². The van der Waals surface area contributed by atoms with Gasteiger partial charge < -0.3 is 15.5 Å². The second-order valence-corrected chi connectivity index (χ2v) is 7.20. The summed E-state index contributed by atoms with van der Waals surface area (Å²) in [6, 6.07) is 8.61. The number of amides is 2. The Bertz CT molecular complexity index is 744. The normalized spacial score (nSPS) is 14.6. The topological polar surface area (TPSA) is 57.3 Å². The van der Waals surface area contributed by atoms with Crippen molar-refractivity contribution in [1.29, 1.82) is 0 Å². The number of rotatable bonds is 4. The summed E-state index contributed by atoms with van der Waals surface area (Å²) in [5.74, 6) is 1.01. The minimum absolute atomic E-state index is 0.342. The van der Waals surface area contributed by atoms with Crippen LogP contribution < -0.4 is 15.5 Å². The van der Waals surface area contributed by atoms with E-state index < -0.39 is 0 Å². The number of halogens is 2. The zero-order valence-electron chi connectivity index (χ0n) is 14.5. The monoisotopic (exact) mass is 392 g/mol. The van der Waals surface area contributed by atoms with Crippen LogP contribution in [0.4, 0.5) is 16.3 Å². The van der Waals surface area contributed by atoms with Gasteiger partial charge in [-0.25, -0.2) is 9.78 Å². The summed E-state index contributed by atoms with van der Waals surface area (Å²) in [5, 5.41) is 6.44. The molecule has 0 spiro atoms. The lowest BCUT2D eigenvalue weighted by Gasteiger charge is -2.21. The Hall–Kier alpha value is -1.98. The molecule has 1 aliphatic rings. The summed E-state index contributed by atoms with van der Waals surface area (Å²) in [7, 11) is 0. The Kier molecular flexibility index (Phi) is 6.58. The van der Waals surface area contributed by atoms with Crippen molar-refractivity contribution in [2.24, 2.45) is 0 Å². The van der Waals surface area contributed by atoms with Crippen molar-refractivity contribution in [1.82, 2.24) is 10.3 Å². The summed E-state index contributed by atoms with van der Waals surface area (Å²) >= 11 is 12.0. The molecule has 0 radical (unpaired) electrons. The number of pyridine rings is 1. The first kappa shape index (κ1) is 18.8. The van der Waals surface area contributed by atoms with Gasteiger partial charge in [0.15, 0.2) is 0 Å². The van der Waals surface area contributed by atoms with Gasteiger partial charge in [0.25, 0.3) is 0 Å². The van der Waals surface area contributed by atoms with Crippen molar-refractivity contribution < 1.29 is 4.79 Å². The first-order chi connectivity index (χ1) is 12.6. The lowest BCUT2D eigenvalue weighted by atomic mass is 10.2. The molecule has 0 bridgehead atoms. The van der Waals surface area contributed by atoms with Crippen molar-refractivity contribution >= 4 is 40.7 Å². The molecule has 2 N–H and O–H groups in total. The number of aromatic nitrogens is 1. The fourth-order valence-electron chi connectivity index (χ4n) is 2.95. The summed E-state index contributed by atoms with van der Waals surface area (Å²) in [5.41, 5.74) is 1.42. The van der Waals surface area contributed by atoms with E-state index in [4.69, 9.17) is 23.2 Å². The van der Waals surface area contributed by atoms with Gasteiger partial charge >= 0.3 is 6.03 Å². The molecular weight excluding hydrogens is 371 g/mol. The highest BCUT2D eigenvalue weighted by Gasteiger charge is 2.11. The quantitative estimate of drug-likeness (QED) is 0.761. The molecule has 1 saturated heterocycles. The second kappa shape index (κ2) is 9.10. The van der Waals surface area contributed by atoms with Gasteiger partial charge in [-0.05, 0) is 42.7 Å². The maximum absolute atomic E-state index is 12.0. The van der Waals surface area contributed by atoms with Crippen LogP contribution in [-0.4, -0.2) is 24.1 Å². The van der Waals surface area contributed by atoms with Gasteiger partial charge in [0, 0.05) is 30.9 Å². The van der Waals surface area contributed by atoms with E-state index in [0.29, 0.717) is 22.3 Å². The first-order valence-electron chi connectivity index (χ1n) is 8.81. The average Bonchev–Trinajstić information content (AvgIpc) is 2.93. The van der Waals surface area contributed by atoms with Crippen LogP contribution in [0.3, 0.4) is 0 Å². The minimum atomic E-state index is -0.342. The Labute approximate surface area is 163 Å². The second-order valence-electron chi connectivity index (χ2n) is 6.36. The Morgan fingerprint density at radius 1 is 1.08 bits per heavy atom. The van der Waals surface area contributed by atoms with Crippen LogP contribution in [0.5, 0.6) is 0 Å². The van der Waals surface area contributed by atoms with Gasteiger partial charge in [0.1, 0.15) is 5.82 Å². The van der Waals surface area contributed by atoms with Gasteiger partial charge in [0.05, 0.1) is 10.7 Å². The van der Waals surface area contributed by atoms with Gasteiger partial charge in [0.2, 0.25) is 0 Å². The van der Waals surface area contributed by atoms with Crippen LogP contribution in [0.2, 0.25) is 10.0 Å². The molecule has 0 atom stereocenters. The smallest absolute Gasteiger partial charge is 0.319 e. The molecule has 5 nitrogen and oxygen atoms in total. The van der Waals surface area contributed by atoms with E-state index in [1.54, 1.807) is 18.2 Å². The van der Waals surface area contributed by atoms with Crippen LogP contribution >= 0.6 is 23.2 Å². The average molecular weight is 393 g/mol. The third-order valence-electron chi connectivity index (χ3n) is 4.37. The number of anilines is 2. The van der Waals surface area contributed by atoms with Gasteiger partial charge in [-0.3, -0.25) is 0 Å². The number of carbonyl (C=O) groups is 1. The Balaban J connectivity index is 1.52. The van der Waals surface area contributed by atoms with Crippen molar-refractivity contribution in [3.63, 3.8) is 0 Å². The number of urea groups is 1. The van der Waals surface area contributed by atoms with E-state index in [-0.39, 0.29) is 6.03 Å². The molecule has 0 saturated carbocycles. The fourth-order valence-corrected chi connectivity index (χ4v) is 3.29. The third-order valence-corrected chi connectivity index (χ3v) is 4.93. The van der Waals surface area contributed by atoms with Gasteiger partial charge in [-0.1, -0.05) is 42.1 Å².